The number of aryl methyl sites for hydroxylation is 1. The number of hydrogen-bond acceptors (Lipinski definition) is 2. The van der Waals surface area contributed by atoms with E-state index in [4.69, 9.17) is 10.5 Å². The topological polar surface area (TPSA) is 51.0 Å². The Kier molecular flexibility index (Phi) is 5.42. The molecule has 29 heavy (non-hydrogen) atoms. The van der Waals surface area contributed by atoms with Crippen molar-refractivity contribution in [3.8, 4) is 11.5 Å². The minimum Gasteiger partial charge on any atom is -0.456 e. The summed E-state index contributed by atoms with van der Waals surface area (Å²) in [5.74, 6) is -1.44. The van der Waals surface area contributed by atoms with Gasteiger partial charge in [0.25, 0.3) is 0 Å². The van der Waals surface area contributed by atoms with Crippen LogP contribution in [0.2, 0.25) is 0 Å². The number of hydrogen-bond donors (Lipinski definition) is 2. The SMILES string of the molecule is CCCCc1c[nH]c2ccc(Oc3c(C(F)(F)F)cc(N)cc3C(F)(F)F)cc12. The molecule has 1 heterocycles. The summed E-state index contributed by atoms with van der Waals surface area (Å²) in [6.45, 7) is 2.02. The number of aromatic nitrogens is 1. The van der Waals surface area contributed by atoms with Crippen LogP contribution in [0.1, 0.15) is 36.5 Å². The number of anilines is 1. The third-order valence-electron chi connectivity index (χ3n) is 4.48. The Morgan fingerprint density at radius 3 is 2.14 bits per heavy atom. The van der Waals surface area contributed by atoms with Crippen molar-refractivity contribution in [3.05, 3.63) is 53.2 Å². The molecule has 0 aliphatic heterocycles. The Morgan fingerprint density at radius 2 is 1.59 bits per heavy atom. The van der Waals surface area contributed by atoms with Gasteiger partial charge >= 0.3 is 12.4 Å². The summed E-state index contributed by atoms with van der Waals surface area (Å²) in [7, 11) is 0. The molecule has 0 atom stereocenters. The molecule has 0 unspecified atom stereocenters. The van der Waals surface area contributed by atoms with E-state index in [1.807, 2.05) is 6.92 Å². The molecule has 0 saturated carbocycles. The van der Waals surface area contributed by atoms with Crippen LogP contribution in [0.25, 0.3) is 10.9 Å². The van der Waals surface area contributed by atoms with Gasteiger partial charge in [0.2, 0.25) is 0 Å². The second-order valence-corrected chi connectivity index (χ2v) is 6.67. The van der Waals surface area contributed by atoms with Crippen LogP contribution in [0.15, 0.2) is 36.5 Å². The molecule has 0 saturated heterocycles. The summed E-state index contributed by atoms with van der Waals surface area (Å²) >= 11 is 0. The number of H-pyrrole nitrogens is 1. The van der Waals surface area contributed by atoms with Crippen molar-refractivity contribution in [2.75, 3.05) is 5.73 Å². The quantitative estimate of drug-likeness (QED) is 0.350. The van der Waals surface area contributed by atoms with Crippen LogP contribution >= 0.6 is 0 Å². The second kappa shape index (κ2) is 7.53. The molecule has 0 aliphatic carbocycles. The van der Waals surface area contributed by atoms with Crippen LogP contribution in [0.5, 0.6) is 11.5 Å². The Hall–Kier alpha value is -2.84. The van der Waals surface area contributed by atoms with Gasteiger partial charge in [-0.25, -0.2) is 0 Å². The zero-order valence-corrected chi connectivity index (χ0v) is 15.3. The number of fused-ring (bicyclic) bond motifs is 1. The van der Waals surface area contributed by atoms with E-state index in [2.05, 4.69) is 4.98 Å². The predicted octanol–water partition coefficient (Wildman–Crippen LogP) is 6.92. The highest BCUT2D eigenvalue weighted by Gasteiger charge is 2.42. The number of unbranched alkanes of at least 4 members (excludes halogenated alkanes) is 1. The summed E-state index contributed by atoms with van der Waals surface area (Å²) in [6, 6.07) is 5.18. The van der Waals surface area contributed by atoms with Crippen molar-refractivity contribution >= 4 is 16.6 Å². The highest BCUT2D eigenvalue weighted by molar-refractivity contribution is 5.84. The molecule has 0 bridgehead atoms. The number of nitrogens with one attached hydrogen (secondary N) is 1. The molecule has 3 rings (SSSR count). The Labute approximate surface area is 162 Å². The smallest absolute Gasteiger partial charge is 0.420 e. The number of alkyl halides is 6. The van der Waals surface area contributed by atoms with Crippen LogP contribution in [0, 0.1) is 0 Å². The van der Waals surface area contributed by atoms with Crippen LogP contribution < -0.4 is 10.5 Å². The van der Waals surface area contributed by atoms with Crippen molar-refractivity contribution in [2.24, 2.45) is 0 Å². The lowest BCUT2D eigenvalue weighted by molar-refractivity contribution is -0.144. The van der Waals surface area contributed by atoms with Gasteiger partial charge in [0.15, 0.2) is 5.75 Å². The normalized spacial score (nSPS) is 12.5. The Morgan fingerprint density at radius 1 is 0.966 bits per heavy atom. The van der Waals surface area contributed by atoms with Gasteiger partial charge in [0, 0.05) is 22.8 Å². The van der Waals surface area contributed by atoms with Crippen molar-refractivity contribution in [2.45, 2.75) is 38.5 Å². The monoisotopic (exact) mass is 416 g/mol. The van der Waals surface area contributed by atoms with Crippen molar-refractivity contribution in [1.82, 2.24) is 4.98 Å². The molecule has 1 aromatic heterocycles. The van der Waals surface area contributed by atoms with Gasteiger partial charge < -0.3 is 15.5 Å². The maximum Gasteiger partial charge on any atom is 0.420 e. The highest BCUT2D eigenvalue weighted by atomic mass is 19.4. The van der Waals surface area contributed by atoms with E-state index >= 15 is 0 Å². The summed E-state index contributed by atoms with van der Waals surface area (Å²) in [4.78, 5) is 3.03. The van der Waals surface area contributed by atoms with E-state index in [-0.39, 0.29) is 5.75 Å². The van der Waals surface area contributed by atoms with Crippen LogP contribution in [-0.2, 0) is 18.8 Å². The van der Waals surface area contributed by atoms with Crippen LogP contribution in [0.4, 0.5) is 32.0 Å². The number of benzene rings is 2. The zero-order chi connectivity index (χ0) is 21.4. The highest BCUT2D eigenvalue weighted by Crippen LogP contribution is 2.47. The average Bonchev–Trinajstić information content (AvgIpc) is 3.01. The van der Waals surface area contributed by atoms with Gasteiger partial charge in [-0.3, -0.25) is 0 Å². The summed E-state index contributed by atoms with van der Waals surface area (Å²) in [6.07, 6.45) is -5.81. The molecule has 0 radical (unpaired) electrons. The fourth-order valence-electron chi connectivity index (χ4n) is 3.10. The van der Waals surface area contributed by atoms with E-state index in [1.54, 1.807) is 12.3 Å². The van der Waals surface area contributed by atoms with E-state index < -0.39 is 34.9 Å². The summed E-state index contributed by atoms with van der Waals surface area (Å²) < 4.78 is 85.6. The lowest BCUT2D eigenvalue weighted by Crippen LogP contribution is -2.15. The lowest BCUT2D eigenvalue weighted by atomic mass is 10.1. The minimum atomic E-state index is -5.07. The van der Waals surface area contributed by atoms with Crippen molar-refractivity contribution < 1.29 is 31.1 Å². The van der Waals surface area contributed by atoms with E-state index in [0.29, 0.717) is 23.0 Å². The zero-order valence-electron chi connectivity index (χ0n) is 15.3. The molecule has 156 valence electrons. The molecule has 0 fully saturated rings. The Bertz CT molecular complexity index is 985. The average molecular weight is 416 g/mol. The van der Waals surface area contributed by atoms with E-state index in [9.17, 15) is 26.3 Å². The number of aromatic amines is 1. The molecule has 9 heteroatoms. The number of ether oxygens (including phenoxy) is 1. The fraction of sp³-hybridized carbons (Fsp3) is 0.300. The fourth-order valence-corrected chi connectivity index (χ4v) is 3.10. The molecule has 0 aliphatic rings. The van der Waals surface area contributed by atoms with Crippen molar-refractivity contribution in [3.63, 3.8) is 0 Å². The molecular formula is C20H18F6N2O. The van der Waals surface area contributed by atoms with Crippen LogP contribution in [0.3, 0.4) is 0 Å². The van der Waals surface area contributed by atoms with Gasteiger partial charge in [-0.15, -0.1) is 0 Å². The molecule has 3 nitrogen and oxygen atoms in total. The first kappa shape index (κ1) is 20.9. The van der Waals surface area contributed by atoms with Gasteiger partial charge in [-0.1, -0.05) is 13.3 Å². The molecule has 3 aromatic rings. The standard InChI is InChI=1S/C20H18F6N2O/c1-2-3-4-11-10-28-17-6-5-13(9-14(11)17)29-18-15(19(21,22)23)7-12(27)8-16(18)20(24,25)26/h5-10,28H,2-4,27H2,1H3. The third-order valence-corrected chi connectivity index (χ3v) is 4.48. The molecule has 3 N–H and O–H groups in total. The van der Waals surface area contributed by atoms with Gasteiger partial charge in [-0.05, 0) is 48.7 Å². The Balaban J connectivity index is 2.11. The summed E-state index contributed by atoms with van der Waals surface area (Å²) in [5.41, 5.74) is 3.10. The maximum atomic E-state index is 13.4. The number of rotatable bonds is 5. The first-order chi connectivity index (χ1) is 13.5. The first-order valence-corrected chi connectivity index (χ1v) is 8.86. The maximum absolute atomic E-state index is 13.4. The number of nitrogens with two attached hydrogens (primary N) is 1. The van der Waals surface area contributed by atoms with Gasteiger partial charge in [-0.2, -0.15) is 26.3 Å². The molecular weight excluding hydrogens is 398 g/mol. The van der Waals surface area contributed by atoms with Gasteiger partial charge in [0.05, 0.1) is 0 Å². The second-order valence-electron chi connectivity index (χ2n) is 6.67. The van der Waals surface area contributed by atoms with Crippen molar-refractivity contribution in [1.29, 1.82) is 0 Å². The molecule has 0 amide bonds. The number of halogens is 6. The largest absolute Gasteiger partial charge is 0.456 e. The summed E-state index contributed by atoms with van der Waals surface area (Å²) in [5, 5.41) is 0.688. The van der Waals surface area contributed by atoms with Crippen LogP contribution in [-0.4, -0.2) is 4.98 Å². The van der Waals surface area contributed by atoms with Gasteiger partial charge in [0.1, 0.15) is 16.9 Å². The van der Waals surface area contributed by atoms with E-state index in [0.717, 1.165) is 24.8 Å². The molecule has 0 spiro atoms. The third kappa shape index (κ3) is 4.44. The van der Waals surface area contributed by atoms with E-state index in [1.165, 1.54) is 12.1 Å². The molecule has 2 aromatic carbocycles. The minimum absolute atomic E-state index is 0.129. The number of nitrogen functional groups attached to an aromatic ring is 1. The lowest BCUT2D eigenvalue weighted by Gasteiger charge is -2.20. The first-order valence-electron chi connectivity index (χ1n) is 8.86. The predicted molar refractivity (Wildman–Crippen MR) is 97.8 cm³/mol.